The third-order valence-electron chi connectivity index (χ3n) is 9.15. The average Bonchev–Trinajstić information content (AvgIpc) is 3.20. The zero-order chi connectivity index (χ0) is 34.4. The van der Waals surface area contributed by atoms with Crippen molar-refractivity contribution in [3.63, 3.8) is 0 Å². The number of rotatable bonds is 10. The molecule has 0 spiro atoms. The van der Waals surface area contributed by atoms with Crippen molar-refractivity contribution in [1.82, 2.24) is 0 Å². The maximum absolute atomic E-state index is 7.53. The molecule has 0 aliphatic carbocycles. The summed E-state index contributed by atoms with van der Waals surface area (Å²) in [4.78, 5) is 0. The average molecular weight is 738 g/mol. The smallest absolute Gasteiger partial charge is 0.0754 e. The van der Waals surface area contributed by atoms with Crippen molar-refractivity contribution in [2.24, 2.45) is 4.74 Å². The molecule has 0 bridgehead atoms. The van der Waals surface area contributed by atoms with E-state index in [1.54, 1.807) is 0 Å². The van der Waals surface area contributed by atoms with E-state index in [0.717, 1.165) is 26.9 Å². The minimum absolute atomic E-state index is 0.256. The molecule has 0 amide bonds. The van der Waals surface area contributed by atoms with Crippen molar-refractivity contribution < 1.29 is 0 Å². The van der Waals surface area contributed by atoms with Crippen molar-refractivity contribution in [2.75, 3.05) is 0 Å². The van der Waals surface area contributed by atoms with Gasteiger partial charge in [0.15, 0.2) is 0 Å². The highest BCUT2D eigenvalue weighted by Crippen LogP contribution is 2.80. The Labute approximate surface area is 307 Å². The summed E-state index contributed by atoms with van der Waals surface area (Å²) in [6.07, 6.45) is 0. The number of hydrogen-bond donors (Lipinski definition) is 0. The lowest BCUT2D eigenvalue weighted by molar-refractivity contribution is 1.44. The summed E-state index contributed by atoms with van der Waals surface area (Å²) in [6, 6.07) is 68.2. The van der Waals surface area contributed by atoms with Crippen LogP contribution in [0.5, 0.6) is 0 Å². The first kappa shape index (κ1) is 34.5. The van der Waals surface area contributed by atoms with E-state index >= 15 is 0 Å². The molecule has 0 aliphatic heterocycles. The van der Waals surface area contributed by atoms with Gasteiger partial charge in [-0.2, -0.15) is 0 Å². The molecular formula is C44H38NP3S2. The van der Waals surface area contributed by atoms with Crippen LogP contribution in [0.15, 0.2) is 211 Å². The van der Waals surface area contributed by atoms with Crippen LogP contribution in [0.3, 0.4) is 0 Å². The summed E-state index contributed by atoms with van der Waals surface area (Å²) >= 11 is 15.1. The predicted octanol–water partition coefficient (Wildman–Crippen LogP) is 10.0. The van der Waals surface area contributed by atoms with Crippen LogP contribution in [0.25, 0.3) is 0 Å². The Balaban J connectivity index is 1.79. The molecule has 0 aromatic heterocycles. The molecule has 7 rings (SSSR count). The fraction of sp³-hybridized carbons (Fsp3) is 0.0455. The second kappa shape index (κ2) is 15.1. The molecule has 0 aliphatic rings. The van der Waals surface area contributed by atoms with E-state index in [-0.39, 0.29) is 5.14 Å². The topological polar surface area (TPSA) is 12.4 Å². The largest absolute Gasteiger partial charge is 0.257 e. The zero-order valence-corrected chi connectivity index (χ0v) is 32.1. The van der Waals surface area contributed by atoms with E-state index in [9.17, 15) is 0 Å². The van der Waals surface area contributed by atoms with Crippen molar-refractivity contribution in [3.8, 4) is 0 Å². The Kier molecular flexibility index (Phi) is 10.4. The number of hydrogen-bond acceptors (Lipinski definition) is 3. The fourth-order valence-corrected chi connectivity index (χ4v) is 31.6. The van der Waals surface area contributed by atoms with Crippen molar-refractivity contribution in [1.29, 1.82) is 0 Å². The Morgan fingerprint density at radius 1 is 0.360 bits per heavy atom. The molecule has 6 heteroatoms. The van der Waals surface area contributed by atoms with E-state index < -0.39 is 19.1 Å². The molecule has 0 unspecified atom stereocenters. The van der Waals surface area contributed by atoms with E-state index in [2.05, 4.69) is 213 Å². The normalized spacial score (nSPS) is 12.0. The summed E-state index contributed by atoms with van der Waals surface area (Å²) < 4.78 is 6.14. The molecule has 1 nitrogen and oxygen atoms in total. The van der Waals surface area contributed by atoms with Crippen LogP contribution in [0, 0.1) is 6.92 Å². The first-order valence-corrected chi connectivity index (χ1v) is 24.2. The Morgan fingerprint density at radius 2 is 0.620 bits per heavy atom. The van der Waals surface area contributed by atoms with Gasteiger partial charge in [-0.15, -0.1) is 0 Å². The monoisotopic (exact) mass is 737 g/mol. The second-order valence-electron chi connectivity index (χ2n) is 12.3. The molecule has 0 saturated carbocycles. The van der Waals surface area contributed by atoms with E-state index in [1.165, 1.54) is 16.2 Å². The van der Waals surface area contributed by atoms with Gasteiger partial charge in [0.1, 0.15) is 0 Å². The molecule has 7 aromatic rings. The maximum Gasteiger partial charge on any atom is 0.0754 e. The summed E-state index contributed by atoms with van der Waals surface area (Å²) in [5.41, 5.74) is 2.13. The van der Waals surface area contributed by atoms with Gasteiger partial charge in [0.05, 0.1) is 10.8 Å². The molecule has 0 radical (unpaired) electrons. The lowest BCUT2D eigenvalue weighted by Gasteiger charge is -2.48. The van der Waals surface area contributed by atoms with Crippen LogP contribution in [0.4, 0.5) is 5.69 Å². The first-order chi connectivity index (χ1) is 24.5. The zero-order valence-electron chi connectivity index (χ0n) is 27.8. The maximum atomic E-state index is 7.53. The van der Waals surface area contributed by atoms with Crippen LogP contribution in [-0.2, 0) is 23.6 Å². The fourth-order valence-electron chi connectivity index (χ4n) is 6.82. The van der Waals surface area contributed by atoms with Gasteiger partial charge in [0.25, 0.3) is 0 Å². The molecule has 246 valence electrons. The summed E-state index contributed by atoms with van der Waals surface area (Å²) in [6.45, 7) is 2.12. The van der Waals surface area contributed by atoms with Gasteiger partial charge < -0.3 is 0 Å². The lowest BCUT2D eigenvalue weighted by Crippen LogP contribution is -2.37. The molecule has 0 atom stereocenters. The van der Waals surface area contributed by atoms with Gasteiger partial charge >= 0.3 is 0 Å². The molecule has 50 heavy (non-hydrogen) atoms. The second-order valence-corrected chi connectivity index (χ2v) is 25.8. The van der Waals surface area contributed by atoms with E-state index in [1.807, 2.05) is 0 Å². The quantitative estimate of drug-likeness (QED) is 0.130. The number of aryl methyl sites for hydroxylation is 1. The summed E-state index contributed by atoms with van der Waals surface area (Å²) in [5.74, 6) is 0. The highest BCUT2D eigenvalue weighted by atomic mass is 32.5. The highest BCUT2D eigenvalue weighted by Gasteiger charge is 2.53. The van der Waals surface area contributed by atoms with E-state index in [0.29, 0.717) is 0 Å². The van der Waals surface area contributed by atoms with Crippen LogP contribution in [0.1, 0.15) is 5.56 Å². The van der Waals surface area contributed by atoms with Crippen molar-refractivity contribution in [2.45, 2.75) is 12.1 Å². The Hall–Kier alpha value is -3.93. The van der Waals surface area contributed by atoms with Crippen LogP contribution in [0.2, 0.25) is 0 Å². The number of benzene rings is 7. The molecular weight excluding hydrogens is 700 g/mol. The van der Waals surface area contributed by atoms with Gasteiger partial charge in [-0.1, -0.05) is 223 Å². The van der Waals surface area contributed by atoms with Crippen LogP contribution < -0.4 is 31.8 Å². The van der Waals surface area contributed by atoms with Crippen molar-refractivity contribution >= 4 is 80.3 Å². The minimum Gasteiger partial charge on any atom is -0.257 e. The Bertz CT molecular complexity index is 2090. The minimum atomic E-state index is -2.94. The molecule has 0 N–H and O–H groups in total. The van der Waals surface area contributed by atoms with Gasteiger partial charge in [0, 0.05) is 19.1 Å². The predicted molar refractivity (Wildman–Crippen MR) is 229 cm³/mol. The van der Waals surface area contributed by atoms with E-state index in [4.69, 9.17) is 28.4 Å². The summed E-state index contributed by atoms with van der Waals surface area (Å²) in [5, 5.41) is 6.72. The van der Waals surface area contributed by atoms with Crippen LogP contribution >= 0.6 is 19.1 Å². The van der Waals surface area contributed by atoms with Gasteiger partial charge in [0.2, 0.25) is 0 Å². The lowest BCUT2D eigenvalue weighted by atomic mass is 10.2. The SMILES string of the molecule is Cc1ccc(N=P(c2ccccc2)(c2ccccc2)C(P(=S)(c2ccccc2)c2ccccc2)P(=S)(c2ccccc2)c2ccccc2)cc1. The number of nitrogens with zero attached hydrogens (tertiary/aromatic N) is 1. The molecule has 0 heterocycles. The third kappa shape index (κ3) is 6.39. The third-order valence-corrected chi connectivity index (χ3v) is 29.9. The van der Waals surface area contributed by atoms with Gasteiger partial charge in [-0.3, -0.25) is 4.74 Å². The summed E-state index contributed by atoms with van der Waals surface area (Å²) in [7, 11) is -2.94. The Morgan fingerprint density at radius 3 is 0.900 bits per heavy atom. The highest BCUT2D eigenvalue weighted by molar-refractivity contribution is 8.37. The van der Waals surface area contributed by atoms with Crippen LogP contribution in [-0.4, -0.2) is 5.14 Å². The molecule has 0 saturated heterocycles. The first-order valence-electron chi connectivity index (χ1n) is 16.7. The van der Waals surface area contributed by atoms with Crippen molar-refractivity contribution in [3.05, 3.63) is 212 Å². The standard InChI is InChI=1S/C44H38NP3S2/c1-36-32-34-37(35-33-36)45-46(38-20-8-2-9-21-38,39-22-10-3-11-23-39)44(47(49,40-24-12-4-13-25-40)41-26-14-5-15-27-41)48(50,42-28-16-6-17-29-42)43-30-18-7-19-31-43/h2-35,44H,1H3. The van der Waals surface area contributed by atoms with Gasteiger partial charge in [-0.25, -0.2) is 0 Å². The molecule has 7 aromatic carbocycles. The van der Waals surface area contributed by atoms with Gasteiger partial charge in [-0.05, 0) is 50.9 Å². The molecule has 0 fully saturated rings.